The van der Waals surface area contributed by atoms with E-state index in [-0.39, 0.29) is 9.92 Å². The highest BCUT2D eigenvalue weighted by Crippen LogP contribution is 2.29. The van der Waals surface area contributed by atoms with E-state index in [4.69, 9.17) is 28.2 Å². The lowest BCUT2D eigenvalue weighted by molar-refractivity contribution is 0.384. The van der Waals surface area contributed by atoms with Crippen LogP contribution < -0.4 is 4.90 Å². The zero-order valence-corrected chi connectivity index (χ0v) is 19.5. The Bertz CT molecular complexity index is 1210. The number of benzene rings is 2. The van der Waals surface area contributed by atoms with Crippen molar-refractivity contribution in [3.05, 3.63) is 69.8 Å². The maximum atomic E-state index is 13.1. The fourth-order valence-corrected chi connectivity index (χ4v) is 5.68. The molecule has 0 aliphatic carbocycles. The van der Waals surface area contributed by atoms with Gasteiger partial charge in [-0.05, 0) is 32.0 Å². The molecular formula is C22H22Cl2N4O2S. The molecule has 1 saturated heterocycles. The van der Waals surface area contributed by atoms with Gasteiger partial charge in [0.25, 0.3) is 0 Å². The van der Waals surface area contributed by atoms with Crippen LogP contribution in [0, 0.1) is 13.8 Å². The summed E-state index contributed by atoms with van der Waals surface area (Å²) in [5.74, 6) is 1.46. The quantitative estimate of drug-likeness (QED) is 0.551. The number of hydrogen-bond acceptors (Lipinski definition) is 5. The summed E-state index contributed by atoms with van der Waals surface area (Å²) in [5.41, 5.74) is 2.99. The molecular weight excluding hydrogens is 455 g/mol. The highest BCUT2D eigenvalue weighted by Gasteiger charge is 2.31. The third-order valence-electron chi connectivity index (χ3n) is 5.22. The summed E-state index contributed by atoms with van der Waals surface area (Å²) in [5, 5.41) is 0.503. The smallest absolute Gasteiger partial charge is 0.244 e. The molecule has 1 aromatic heterocycles. The minimum Gasteiger partial charge on any atom is -0.354 e. The monoisotopic (exact) mass is 476 g/mol. The van der Waals surface area contributed by atoms with Gasteiger partial charge in [-0.25, -0.2) is 18.4 Å². The van der Waals surface area contributed by atoms with E-state index >= 15 is 0 Å². The standard InChI is InChI=1S/C22H22Cl2N4O2S/c1-15-3-5-17(6-4-15)22-25-16(2)13-21(26-22)27-9-11-28(12-10-27)31(29,30)20-14-18(23)7-8-19(20)24/h3-8,13-14H,9-12H2,1-2H3. The van der Waals surface area contributed by atoms with Crippen LogP contribution in [0.5, 0.6) is 0 Å². The Kier molecular flexibility index (Phi) is 6.21. The van der Waals surface area contributed by atoms with Crippen LogP contribution in [-0.2, 0) is 10.0 Å². The lowest BCUT2D eigenvalue weighted by atomic mass is 10.1. The molecule has 3 aromatic rings. The number of halogens is 2. The average molecular weight is 477 g/mol. The molecule has 0 atom stereocenters. The Hall–Kier alpha value is -2.19. The van der Waals surface area contributed by atoms with Gasteiger partial charge in [0, 0.05) is 48.5 Å². The molecule has 162 valence electrons. The molecule has 0 spiro atoms. The summed E-state index contributed by atoms with van der Waals surface area (Å²) in [6.45, 7) is 5.66. The molecule has 0 N–H and O–H groups in total. The first-order valence-corrected chi connectivity index (χ1v) is 12.1. The molecule has 0 bridgehead atoms. The first-order valence-electron chi connectivity index (χ1n) is 9.87. The summed E-state index contributed by atoms with van der Waals surface area (Å²) in [7, 11) is -3.73. The second kappa shape index (κ2) is 8.74. The second-order valence-corrected chi connectivity index (χ2v) is 10.3. The molecule has 9 heteroatoms. The zero-order valence-electron chi connectivity index (χ0n) is 17.2. The number of hydrogen-bond donors (Lipinski definition) is 0. The van der Waals surface area contributed by atoms with Crippen molar-refractivity contribution >= 4 is 39.0 Å². The number of rotatable bonds is 4. The maximum absolute atomic E-state index is 13.1. The van der Waals surface area contributed by atoms with E-state index in [9.17, 15) is 8.42 Å². The summed E-state index contributed by atoms with van der Waals surface area (Å²) in [4.78, 5) is 11.4. The molecule has 4 rings (SSSR count). The van der Waals surface area contributed by atoms with Crippen molar-refractivity contribution in [1.29, 1.82) is 0 Å². The first kappa shape index (κ1) is 22.0. The van der Waals surface area contributed by atoms with Crippen molar-refractivity contribution in [2.45, 2.75) is 18.7 Å². The number of anilines is 1. The SMILES string of the molecule is Cc1ccc(-c2nc(C)cc(N3CCN(S(=O)(=O)c4cc(Cl)ccc4Cl)CC3)n2)cc1. The van der Waals surface area contributed by atoms with Crippen molar-refractivity contribution in [1.82, 2.24) is 14.3 Å². The zero-order chi connectivity index (χ0) is 22.2. The topological polar surface area (TPSA) is 66.4 Å². The van der Waals surface area contributed by atoms with Gasteiger partial charge in [-0.1, -0.05) is 53.0 Å². The normalized spacial score (nSPS) is 15.3. The van der Waals surface area contributed by atoms with Crippen molar-refractivity contribution in [2.24, 2.45) is 0 Å². The molecule has 2 heterocycles. The van der Waals surface area contributed by atoms with Gasteiger partial charge < -0.3 is 4.90 Å². The van der Waals surface area contributed by atoms with Crippen molar-refractivity contribution in [3.63, 3.8) is 0 Å². The third-order valence-corrected chi connectivity index (χ3v) is 7.84. The molecule has 1 aliphatic heterocycles. The minimum atomic E-state index is -3.73. The summed E-state index contributed by atoms with van der Waals surface area (Å²) >= 11 is 12.1. The highest BCUT2D eigenvalue weighted by molar-refractivity contribution is 7.89. The van der Waals surface area contributed by atoms with Crippen LogP contribution in [0.3, 0.4) is 0 Å². The van der Waals surface area contributed by atoms with E-state index in [1.807, 2.05) is 44.2 Å². The first-order chi connectivity index (χ1) is 14.7. The third kappa shape index (κ3) is 4.70. The van der Waals surface area contributed by atoms with Gasteiger partial charge in [-0.3, -0.25) is 0 Å². The fraction of sp³-hybridized carbons (Fsp3) is 0.273. The van der Waals surface area contributed by atoms with Crippen LogP contribution in [0.4, 0.5) is 5.82 Å². The molecule has 31 heavy (non-hydrogen) atoms. The van der Waals surface area contributed by atoms with E-state index < -0.39 is 10.0 Å². The number of aromatic nitrogens is 2. The van der Waals surface area contributed by atoms with Gasteiger partial charge in [-0.15, -0.1) is 0 Å². The minimum absolute atomic E-state index is 0.0367. The van der Waals surface area contributed by atoms with Crippen molar-refractivity contribution in [2.75, 3.05) is 31.1 Å². The largest absolute Gasteiger partial charge is 0.354 e. The number of sulfonamides is 1. The van der Waals surface area contributed by atoms with E-state index in [0.717, 1.165) is 17.1 Å². The number of piperazine rings is 1. The predicted octanol–water partition coefficient (Wildman–Crippen LogP) is 4.58. The molecule has 1 fully saturated rings. The number of nitrogens with zero attached hydrogens (tertiary/aromatic N) is 4. The lowest BCUT2D eigenvalue weighted by Crippen LogP contribution is -2.49. The highest BCUT2D eigenvalue weighted by atomic mass is 35.5. The second-order valence-electron chi connectivity index (χ2n) is 7.52. The van der Waals surface area contributed by atoms with Crippen molar-refractivity contribution in [3.8, 4) is 11.4 Å². The Balaban J connectivity index is 1.54. The van der Waals surface area contributed by atoms with E-state index in [1.54, 1.807) is 6.07 Å². The predicted molar refractivity (Wildman–Crippen MR) is 124 cm³/mol. The molecule has 0 radical (unpaired) electrons. The van der Waals surface area contributed by atoms with Crippen LogP contribution >= 0.6 is 23.2 Å². The summed E-state index contributed by atoms with van der Waals surface area (Å²) in [6.07, 6.45) is 0. The Morgan fingerprint density at radius 2 is 1.55 bits per heavy atom. The van der Waals surface area contributed by atoms with Gasteiger partial charge in [0.2, 0.25) is 10.0 Å². The van der Waals surface area contributed by atoms with Gasteiger partial charge in [0.15, 0.2) is 5.82 Å². The Morgan fingerprint density at radius 3 is 2.23 bits per heavy atom. The maximum Gasteiger partial charge on any atom is 0.244 e. The van der Waals surface area contributed by atoms with Crippen molar-refractivity contribution < 1.29 is 8.42 Å². The molecule has 6 nitrogen and oxygen atoms in total. The van der Waals surface area contributed by atoms with Crippen LogP contribution in [0.15, 0.2) is 53.4 Å². The van der Waals surface area contributed by atoms with Crippen LogP contribution in [0.2, 0.25) is 10.0 Å². The van der Waals surface area contributed by atoms with Crippen LogP contribution in [-0.4, -0.2) is 48.9 Å². The molecule has 2 aromatic carbocycles. The lowest BCUT2D eigenvalue weighted by Gasteiger charge is -2.35. The number of aryl methyl sites for hydroxylation is 2. The van der Waals surface area contributed by atoms with E-state index in [0.29, 0.717) is 37.0 Å². The van der Waals surface area contributed by atoms with E-state index in [2.05, 4.69) is 9.88 Å². The summed E-state index contributed by atoms with van der Waals surface area (Å²) < 4.78 is 27.6. The van der Waals surface area contributed by atoms with Gasteiger partial charge >= 0.3 is 0 Å². The van der Waals surface area contributed by atoms with Crippen LogP contribution in [0.1, 0.15) is 11.3 Å². The van der Waals surface area contributed by atoms with E-state index in [1.165, 1.54) is 22.0 Å². The van der Waals surface area contributed by atoms with Gasteiger partial charge in [0.05, 0.1) is 5.02 Å². The molecule has 0 saturated carbocycles. The van der Waals surface area contributed by atoms with Gasteiger partial charge in [-0.2, -0.15) is 4.31 Å². The molecule has 1 aliphatic rings. The Labute approximate surface area is 192 Å². The van der Waals surface area contributed by atoms with Crippen LogP contribution in [0.25, 0.3) is 11.4 Å². The Morgan fingerprint density at radius 1 is 0.871 bits per heavy atom. The molecule has 0 amide bonds. The molecule has 0 unspecified atom stereocenters. The average Bonchev–Trinajstić information content (AvgIpc) is 2.75. The van der Waals surface area contributed by atoms with Gasteiger partial charge in [0.1, 0.15) is 10.7 Å². The fourth-order valence-electron chi connectivity index (χ4n) is 3.52. The summed E-state index contributed by atoms with van der Waals surface area (Å²) in [6, 6.07) is 14.5.